The second-order valence-electron chi connectivity index (χ2n) is 5.78. The molecule has 21 heavy (non-hydrogen) atoms. The lowest BCUT2D eigenvalue weighted by atomic mass is 9.97. The van der Waals surface area contributed by atoms with E-state index in [4.69, 9.17) is 5.73 Å². The predicted molar refractivity (Wildman–Crippen MR) is 74.2 cm³/mol. The van der Waals surface area contributed by atoms with Crippen LogP contribution in [-0.2, 0) is 0 Å². The Morgan fingerprint density at radius 3 is 2.57 bits per heavy atom. The Bertz CT molecular complexity index is 669. The molecule has 0 saturated heterocycles. The first kappa shape index (κ1) is 13.9. The highest BCUT2D eigenvalue weighted by molar-refractivity contribution is 5.71. The molecular weight excluding hydrogens is 276 g/mol. The van der Waals surface area contributed by atoms with E-state index in [1.165, 1.54) is 0 Å². The molecule has 2 N–H and O–H groups in total. The van der Waals surface area contributed by atoms with Crippen molar-refractivity contribution in [3.05, 3.63) is 23.8 Å². The summed E-state index contributed by atoms with van der Waals surface area (Å²) in [5.74, 6) is -0.551. The molecular formula is C14H17F2N5. The predicted octanol–water partition coefficient (Wildman–Crippen LogP) is 2.81. The number of nitrogen functional groups attached to an aromatic ring is 1. The van der Waals surface area contributed by atoms with Crippen molar-refractivity contribution in [2.24, 2.45) is 11.8 Å². The maximum atomic E-state index is 13.5. The molecule has 0 aliphatic heterocycles. The second kappa shape index (κ2) is 5.05. The zero-order chi connectivity index (χ0) is 15.1. The molecule has 1 aliphatic carbocycles. The van der Waals surface area contributed by atoms with Crippen LogP contribution in [0.4, 0.5) is 14.5 Å². The molecule has 3 unspecified atom stereocenters. The molecule has 1 fully saturated rings. The Morgan fingerprint density at radius 2 is 1.90 bits per heavy atom. The molecule has 5 nitrogen and oxygen atoms in total. The fourth-order valence-electron chi connectivity index (χ4n) is 3.03. The van der Waals surface area contributed by atoms with Crippen LogP contribution >= 0.6 is 0 Å². The summed E-state index contributed by atoms with van der Waals surface area (Å²) in [6.07, 6.45) is 2.06. The van der Waals surface area contributed by atoms with Gasteiger partial charge in [0.1, 0.15) is 0 Å². The summed E-state index contributed by atoms with van der Waals surface area (Å²) in [6, 6.07) is 2.16. The van der Waals surface area contributed by atoms with Gasteiger partial charge in [0.25, 0.3) is 0 Å². The third-order valence-corrected chi connectivity index (χ3v) is 4.56. The van der Waals surface area contributed by atoms with Crippen LogP contribution in [0.25, 0.3) is 11.4 Å². The molecule has 0 bridgehead atoms. The van der Waals surface area contributed by atoms with Crippen molar-refractivity contribution >= 4 is 5.69 Å². The Hall–Kier alpha value is -2.05. The third-order valence-electron chi connectivity index (χ3n) is 4.56. The molecule has 7 heteroatoms. The number of hydrogen-bond acceptors (Lipinski definition) is 4. The third kappa shape index (κ3) is 2.26. The molecule has 3 atom stereocenters. The molecule has 0 radical (unpaired) electrons. The highest BCUT2D eigenvalue weighted by Gasteiger charge is 2.34. The summed E-state index contributed by atoms with van der Waals surface area (Å²) < 4.78 is 28.4. The van der Waals surface area contributed by atoms with Gasteiger partial charge in [0, 0.05) is 17.3 Å². The van der Waals surface area contributed by atoms with Crippen molar-refractivity contribution < 1.29 is 8.78 Å². The Labute approximate surface area is 121 Å². The monoisotopic (exact) mass is 293 g/mol. The number of aromatic nitrogens is 4. The number of tetrazole rings is 1. The van der Waals surface area contributed by atoms with Crippen molar-refractivity contribution in [1.29, 1.82) is 0 Å². The fraction of sp³-hybridized carbons (Fsp3) is 0.500. The van der Waals surface area contributed by atoms with Crippen LogP contribution in [0.1, 0.15) is 32.7 Å². The minimum atomic E-state index is -0.974. The number of halogens is 2. The van der Waals surface area contributed by atoms with Crippen LogP contribution in [0.2, 0.25) is 0 Å². The standard InChI is InChI=1S/C14H17F2N5/c1-7-3-4-13(8(7)2)21-14(18-19-20-21)9-5-10(15)11(16)6-12(9)17/h5-8,13H,3-4,17H2,1-2H3. The molecule has 3 rings (SSSR count). The Balaban J connectivity index is 2.06. The number of rotatable bonds is 2. The van der Waals surface area contributed by atoms with Gasteiger partial charge in [-0.05, 0) is 41.2 Å². The maximum Gasteiger partial charge on any atom is 0.184 e. The minimum absolute atomic E-state index is 0.128. The lowest BCUT2D eigenvalue weighted by Crippen LogP contribution is -2.17. The van der Waals surface area contributed by atoms with Gasteiger partial charge >= 0.3 is 0 Å². The van der Waals surface area contributed by atoms with Crippen LogP contribution in [0.5, 0.6) is 0 Å². The molecule has 1 saturated carbocycles. The number of hydrogen-bond donors (Lipinski definition) is 1. The Kier molecular flexibility index (Phi) is 3.35. The van der Waals surface area contributed by atoms with Gasteiger partial charge in [0.05, 0.1) is 6.04 Å². The van der Waals surface area contributed by atoms with Gasteiger partial charge in [-0.25, -0.2) is 13.5 Å². The van der Waals surface area contributed by atoms with Crippen molar-refractivity contribution in [3.8, 4) is 11.4 Å². The van der Waals surface area contributed by atoms with Gasteiger partial charge < -0.3 is 5.73 Å². The van der Waals surface area contributed by atoms with Gasteiger partial charge in [-0.1, -0.05) is 13.8 Å². The van der Waals surface area contributed by atoms with Crippen molar-refractivity contribution in [1.82, 2.24) is 20.2 Å². The molecule has 112 valence electrons. The van der Waals surface area contributed by atoms with E-state index < -0.39 is 11.6 Å². The van der Waals surface area contributed by atoms with E-state index in [0.29, 0.717) is 23.2 Å². The average Bonchev–Trinajstić information content (AvgIpc) is 3.02. The van der Waals surface area contributed by atoms with Crippen LogP contribution in [0.3, 0.4) is 0 Å². The summed E-state index contributed by atoms with van der Waals surface area (Å²) in [5.41, 5.74) is 6.25. The lowest BCUT2D eigenvalue weighted by Gasteiger charge is -2.19. The maximum absolute atomic E-state index is 13.5. The zero-order valence-corrected chi connectivity index (χ0v) is 11.9. The molecule has 1 aliphatic rings. The zero-order valence-electron chi connectivity index (χ0n) is 11.9. The largest absolute Gasteiger partial charge is 0.398 e. The number of nitrogens with zero attached hydrogens (tertiary/aromatic N) is 4. The van der Waals surface area contributed by atoms with Gasteiger partial charge in [-0.3, -0.25) is 0 Å². The van der Waals surface area contributed by atoms with E-state index in [-0.39, 0.29) is 11.7 Å². The van der Waals surface area contributed by atoms with Gasteiger partial charge in [0.15, 0.2) is 17.5 Å². The molecule has 1 aromatic carbocycles. The average molecular weight is 293 g/mol. The van der Waals surface area contributed by atoms with Crippen LogP contribution in [0.15, 0.2) is 12.1 Å². The highest BCUT2D eigenvalue weighted by Crippen LogP contribution is 2.41. The summed E-state index contributed by atoms with van der Waals surface area (Å²) in [4.78, 5) is 0. The molecule has 1 heterocycles. The van der Waals surface area contributed by atoms with E-state index in [0.717, 1.165) is 25.0 Å². The van der Waals surface area contributed by atoms with Crippen molar-refractivity contribution in [2.45, 2.75) is 32.7 Å². The summed E-state index contributed by atoms with van der Waals surface area (Å²) >= 11 is 0. The van der Waals surface area contributed by atoms with Gasteiger partial charge in [-0.15, -0.1) is 5.10 Å². The van der Waals surface area contributed by atoms with Crippen LogP contribution < -0.4 is 5.73 Å². The van der Waals surface area contributed by atoms with E-state index in [9.17, 15) is 8.78 Å². The summed E-state index contributed by atoms with van der Waals surface area (Å²) in [5, 5.41) is 11.7. The normalized spacial score (nSPS) is 25.4. The van der Waals surface area contributed by atoms with Crippen molar-refractivity contribution in [3.63, 3.8) is 0 Å². The quantitative estimate of drug-likeness (QED) is 0.864. The fourth-order valence-corrected chi connectivity index (χ4v) is 3.03. The first-order valence-corrected chi connectivity index (χ1v) is 7.01. The molecule has 0 amide bonds. The van der Waals surface area contributed by atoms with Gasteiger partial charge in [-0.2, -0.15) is 0 Å². The summed E-state index contributed by atoms with van der Waals surface area (Å²) in [7, 11) is 0. The van der Waals surface area contributed by atoms with E-state index in [1.807, 2.05) is 0 Å². The van der Waals surface area contributed by atoms with E-state index in [1.54, 1.807) is 4.68 Å². The van der Waals surface area contributed by atoms with E-state index in [2.05, 4.69) is 29.4 Å². The minimum Gasteiger partial charge on any atom is -0.398 e. The topological polar surface area (TPSA) is 69.6 Å². The molecule has 2 aromatic rings. The van der Waals surface area contributed by atoms with Crippen LogP contribution in [-0.4, -0.2) is 20.2 Å². The number of benzene rings is 1. The Morgan fingerprint density at radius 1 is 1.19 bits per heavy atom. The van der Waals surface area contributed by atoms with E-state index >= 15 is 0 Å². The number of anilines is 1. The van der Waals surface area contributed by atoms with Gasteiger partial charge in [0.2, 0.25) is 0 Å². The van der Waals surface area contributed by atoms with Crippen LogP contribution in [0, 0.1) is 23.5 Å². The lowest BCUT2D eigenvalue weighted by molar-refractivity contribution is 0.328. The second-order valence-corrected chi connectivity index (χ2v) is 5.78. The van der Waals surface area contributed by atoms with Crippen molar-refractivity contribution in [2.75, 3.05) is 5.73 Å². The molecule has 0 spiro atoms. The first-order chi connectivity index (χ1) is 9.99. The number of nitrogens with two attached hydrogens (primary N) is 1. The first-order valence-electron chi connectivity index (χ1n) is 7.01. The smallest absolute Gasteiger partial charge is 0.184 e. The summed E-state index contributed by atoms with van der Waals surface area (Å²) in [6.45, 7) is 4.35. The molecule has 1 aromatic heterocycles. The highest BCUT2D eigenvalue weighted by atomic mass is 19.2. The SMILES string of the molecule is CC1CCC(n2nnnc2-c2cc(F)c(F)cc2N)C1C.